The minimum atomic E-state index is -2.62. The second kappa shape index (κ2) is 7.79. The van der Waals surface area contributed by atoms with Gasteiger partial charge in [0.25, 0.3) is 6.43 Å². The predicted molar refractivity (Wildman–Crippen MR) is 71.1 cm³/mol. The molecule has 1 amide bonds. The summed E-state index contributed by atoms with van der Waals surface area (Å²) in [5.41, 5.74) is 1.60. The van der Waals surface area contributed by atoms with E-state index in [1.165, 1.54) is 7.11 Å². The molecule has 1 aromatic carbocycles. The lowest BCUT2D eigenvalue weighted by atomic mass is 10.1. The van der Waals surface area contributed by atoms with Crippen molar-refractivity contribution < 1.29 is 23.4 Å². The topological polar surface area (TPSA) is 49.8 Å². The van der Waals surface area contributed by atoms with Gasteiger partial charge in [0.15, 0.2) is 0 Å². The molecule has 0 radical (unpaired) electrons. The quantitative estimate of drug-likeness (QED) is 0.829. The van der Waals surface area contributed by atoms with E-state index in [4.69, 9.17) is 9.84 Å². The van der Waals surface area contributed by atoms with Gasteiger partial charge in [-0.1, -0.05) is 17.7 Å². The van der Waals surface area contributed by atoms with Crippen molar-refractivity contribution >= 4 is 5.91 Å². The summed E-state index contributed by atoms with van der Waals surface area (Å²) in [6, 6.07) is 5.37. The number of alkyl halides is 2. The van der Waals surface area contributed by atoms with Crippen LogP contribution in [-0.4, -0.2) is 49.1 Å². The van der Waals surface area contributed by atoms with Crippen LogP contribution in [-0.2, 0) is 11.2 Å². The molecule has 6 heteroatoms. The first-order valence-electron chi connectivity index (χ1n) is 6.28. The zero-order valence-corrected chi connectivity index (χ0v) is 11.6. The fourth-order valence-electron chi connectivity index (χ4n) is 1.93. The van der Waals surface area contributed by atoms with Gasteiger partial charge in [0.2, 0.25) is 5.91 Å². The molecule has 0 saturated heterocycles. The van der Waals surface area contributed by atoms with Crippen molar-refractivity contribution in [1.82, 2.24) is 4.90 Å². The maximum absolute atomic E-state index is 12.4. The van der Waals surface area contributed by atoms with Gasteiger partial charge in [0, 0.05) is 12.1 Å². The van der Waals surface area contributed by atoms with Crippen LogP contribution in [0.5, 0.6) is 5.75 Å². The van der Waals surface area contributed by atoms with E-state index in [1.54, 1.807) is 12.1 Å². The fraction of sp³-hybridized carbons (Fsp3) is 0.500. The normalized spacial score (nSPS) is 10.7. The number of hydrogen-bond acceptors (Lipinski definition) is 3. The van der Waals surface area contributed by atoms with Gasteiger partial charge in [0.1, 0.15) is 5.75 Å². The van der Waals surface area contributed by atoms with Gasteiger partial charge in [-0.25, -0.2) is 8.78 Å². The number of rotatable bonds is 7. The lowest BCUT2D eigenvalue weighted by molar-refractivity contribution is -0.133. The smallest absolute Gasteiger partial charge is 0.255 e. The zero-order chi connectivity index (χ0) is 15.1. The number of benzene rings is 1. The van der Waals surface area contributed by atoms with Gasteiger partial charge in [-0.15, -0.1) is 0 Å². The number of hydrogen-bond donors (Lipinski definition) is 1. The number of aliphatic hydroxyl groups is 1. The Kier molecular flexibility index (Phi) is 6.38. The number of halogens is 2. The second-order valence-corrected chi connectivity index (χ2v) is 4.45. The SMILES string of the molecule is COc1ccc(C)cc1CC(=O)N(CCO)CC(F)F. The van der Waals surface area contributed by atoms with E-state index in [0.717, 1.165) is 10.5 Å². The van der Waals surface area contributed by atoms with Gasteiger partial charge in [-0.3, -0.25) is 4.79 Å². The second-order valence-electron chi connectivity index (χ2n) is 4.45. The Morgan fingerprint density at radius 3 is 2.70 bits per heavy atom. The van der Waals surface area contributed by atoms with Crippen molar-refractivity contribution in [1.29, 1.82) is 0 Å². The summed E-state index contributed by atoms with van der Waals surface area (Å²) in [7, 11) is 1.49. The summed E-state index contributed by atoms with van der Waals surface area (Å²) in [4.78, 5) is 13.0. The number of methoxy groups -OCH3 is 1. The van der Waals surface area contributed by atoms with Gasteiger partial charge < -0.3 is 14.7 Å². The van der Waals surface area contributed by atoms with Crippen molar-refractivity contribution in [2.75, 3.05) is 26.8 Å². The molecule has 0 bridgehead atoms. The third kappa shape index (κ3) is 4.77. The molecule has 112 valence electrons. The summed E-state index contributed by atoms with van der Waals surface area (Å²) in [6.07, 6.45) is -2.65. The molecule has 0 unspecified atom stereocenters. The molecule has 1 rings (SSSR count). The summed E-state index contributed by atoms with van der Waals surface area (Å²) < 4.78 is 30.0. The van der Waals surface area contributed by atoms with Crippen molar-refractivity contribution in [3.8, 4) is 5.75 Å². The van der Waals surface area contributed by atoms with Crippen LogP contribution in [0.2, 0.25) is 0 Å². The van der Waals surface area contributed by atoms with E-state index >= 15 is 0 Å². The van der Waals surface area contributed by atoms with Crippen LogP contribution in [0, 0.1) is 6.92 Å². The van der Waals surface area contributed by atoms with Crippen molar-refractivity contribution in [3.05, 3.63) is 29.3 Å². The first-order chi connectivity index (χ1) is 9.47. The van der Waals surface area contributed by atoms with Crippen LogP contribution in [0.1, 0.15) is 11.1 Å². The molecule has 0 aromatic heterocycles. The van der Waals surface area contributed by atoms with E-state index in [9.17, 15) is 13.6 Å². The first kappa shape index (κ1) is 16.4. The third-order valence-corrected chi connectivity index (χ3v) is 2.86. The molecule has 0 aliphatic rings. The zero-order valence-electron chi connectivity index (χ0n) is 11.6. The van der Waals surface area contributed by atoms with E-state index in [-0.39, 0.29) is 19.6 Å². The van der Waals surface area contributed by atoms with Gasteiger partial charge in [-0.05, 0) is 13.0 Å². The molecule has 20 heavy (non-hydrogen) atoms. The number of carbonyl (C=O) groups excluding carboxylic acids is 1. The van der Waals surface area contributed by atoms with Crippen LogP contribution in [0.4, 0.5) is 8.78 Å². The average molecular weight is 287 g/mol. The van der Waals surface area contributed by atoms with Crippen LogP contribution in [0.3, 0.4) is 0 Å². The summed E-state index contributed by atoms with van der Waals surface area (Å²) in [5, 5.41) is 8.85. The fourth-order valence-corrected chi connectivity index (χ4v) is 1.93. The number of aliphatic hydroxyl groups excluding tert-OH is 1. The van der Waals surface area contributed by atoms with E-state index in [2.05, 4.69) is 0 Å². The van der Waals surface area contributed by atoms with Crippen molar-refractivity contribution in [2.24, 2.45) is 0 Å². The number of nitrogens with zero attached hydrogens (tertiary/aromatic N) is 1. The predicted octanol–water partition coefficient (Wildman–Crippen LogP) is 1.63. The van der Waals surface area contributed by atoms with Gasteiger partial charge in [-0.2, -0.15) is 0 Å². The monoisotopic (exact) mass is 287 g/mol. The molecule has 1 aromatic rings. The lowest BCUT2D eigenvalue weighted by Crippen LogP contribution is -2.38. The Hall–Kier alpha value is -1.69. The summed E-state index contributed by atoms with van der Waals surface area (Å²) >= 11 is 0. The van der Waals surface area contributed by atoms with Crippen LogP contribution < -0.4 is 4.74 Å². The molecule has 0 aliphatic heterocycles. The maximum atomic E-state index is 12.4. The van der Waals surface area contributed by atoms with E-state index < -0.39 is 18.9 Å². The molecule has 0 fully saturated rings. The molecular weight excluding hydrogens is 268 g/mol. The Balaban J connectivity index is 2.84. The highest BCUT2D eigenvalue weighted by Gasteiger charge is 2.19. The van der Waals surface area contributed by atoms with E-state index in [1.807, 2.05) is 13.0 Å². The minimum Gasteiger partial charge on any atom is -0.496 e. The largest absolute Gasteiger partial charge is 0.496 e. The van der Waals surface area contributed by atoms with E-state index in [0.29, 0.717) is 11.3 Å². The number of carbonyl (C=O) groups is 1. The third-order valence-electron chi connectivity index (χ3n) is 2.86. The average Bonchev–Trinajstić information content (AvgIpc) is 2.38. The highest BCUT2D eigenvalue weighted by molar-refractivity contribution is 5.79. The highest BCUT2D eigenvalue weighted by atomic mass is 19.3. The standard InChI is InChI=1S/C14H19F2NO3/c1-10-3-4-12(20-2)11(7-10)8-14(19)17(5-6-18)9-13(15)16/h3-4,7,13,18H,5-6,8-9H2,1-2H3. The number of aryl methyl sites for hydroxylation is 1. The molecule has 0 aliphatic carbocycles. The Morgan fingerprint density at radius 1 is 1.45 bits per heavy atom. The highest BCUT2D eigenvalue weighted by Crippen LogP contribution is 2.21. The Bertz CT molecular complexity index is 452. The Labute approximate surface area is 117 Å². The number of ether oxygens (including phenoxy) is 1. The molecule has 0 atom stereocenters. The van der Waals surface area contributed by atoms with Gasteiger partial charge >= 0.3 is 0 Å². The maximum Gasteiger partial charge on any atom is 0.255 e. The number of amides is 1. The van der Waals surface area contributed by atoms with Crippen molar-refractivity contribution in [2.45, 2.75) is 19.8 Å². The molecule has 0 saturated carbocycles. The minimum absolute atomic E-state index is 0.0302. The molecular formula is C14H19F2NO3. The molecule has 0 heterocycles. The summed E-state index contributed by atoms with van der Waals surface area (Å²) in [5.74, 6) is 0.0909. The molecule has 1 N–H and O–H groups in total. The van der Waals surface area contributed by atoms with Gasteiger partial charge in [0.05, 0.1) is 26.7 Å². The van der Waals surface area contributed by atoms with Crippen LogP contribution >= 0.6 is 0 Å². The van der Waals surface area contributed by atoms with Crippen LogP contribution in [0.25, 0.3) is 0 Å². The van der Waals surface area contributed by atoms with Crippen molar-refractivity contribution in [3.63, 3.8) is 0 Å². The first-order valence-corrected chi connectivity index (χ1v) is 6.28. The van der Waals surface area contributed by atoms with Crippen LogP contribution in [0.15, 0.2) is 18.2 Å². The Morgan fingerprint density at radius 2 is 2.15 bits per heavy atom. The molecule has 0 spiro atoms. The molecule has 4 nitrogen and oxygen atoms in total. The summed E-state index contributed by atoms with van der Waals surface area (Å²) in [6.45, 7) is 0.756. The lowest BCUT2D eigenvalue weighted by Gasteiger charge is -2.22.